The van der Waals surface area contributed by atoms with E-state index < -0.39 is 10.8 Å². The molecular weight excluding hydrogens is 236 g/mol. The lowest BCUT2D eigenvalue weighted by molar-refractivity contribution is 0.616. The number of rotatable bonds is 2. The van der Waals surface area contributed by atoms with Crippen LogP contribution < -0.4 is 5.32 Å². The highest BCUT2D eigenvalue weighted by molar-refractivity contribution is 7.85. The van der Waals surface area contributed by atoms with Crippen LogP contribution in [0.3, 0.4) is 0 Å². The third kappa shape index (κ3) is 2.50. The Bertz CT molecular complexity index is 478. The van der Waals surface area contributed by atoms with Crippen molar-refractivity contribution in [3.63, 3.8) is 0 Å². The van der Waals surface area contributed by atoms with Crippen molar-refractivity contribution in [2.45, 2.75) is 25.8 Å². The molecule has 5 nitrogen and oxygen atoms in total. The Balaban J connectivity index is 2.14. The van der Waals surface area contributed by atoms with Crippen molar-refractivity contribution >= 4 is 16.6 Å². The predicted molar refractivity (Wildman–Crippen MR) is 67.2 cm³/mol. The van der Waals surface area contributed by atoms with Crippen LogP contribution in [0.2, 0.25) is 0 Å². The lowest BCUT2D eigenvalue weighted by Gasteiger charge is -2.23. The summed E-state index contributed by atoms with van der Waals surface area (Å²) in [5, 5.41) is 16.7. The Hall–Kier alpha value is -1.35. The molecule has 0 radical (unpaired) electrons. The highest BCUT2D eigenvalue weighted by Crippen LogP contribution is 2.21. The second-order valence-corrected chi connectivity index (χ2v) is 6.01. The van der Waals surface area contributed by atoms with Gasteiger partial charge < -0.3 is 5.32 Å². The number of hydrogen-bond donors (Lipinski definition) is 1. The van der Waals surface area contributed by atoms with Crippen molar-refractivity contribution in [2.24, 2.45) is 7.05 Å². The number of aromatic nitrogens is 2. The maximum absolute atomic E-state index is 11.3. The Morgan fingerprint density at radius 2 is 2.18 bits per heavy atom. The van der Waals surface area contributed by atoms with Gasteiger partial charge in [0.25, 0.3) is 0 Å². The van der Waals surface area contributed by atoms with E-state index in [1.807, 2.05) is 14.0 Å². The summed E-state index contributed by atoms with van der Waals surface area (Å²) in [6.07, 6.45) is 1.78. The number of aryl methyl sites for hydroxylation is 2. The van der Waals surface area contributed by atoms with Crippen LogP contribution in [-0.4, -0.2) is 31.5 Å². The molecule has 1 aliphatic rings. The second-order valence-electron chi connectivity index (χ2n) is 4.31. The van der Waals surface area contributed by atoms with Gasteiger partial charge in [-0.05, 0) is 19.8 Å². The average Bonchev–Trinajstić information content (AvgIpc) is 2.57. The van der Waals surface area contributed by atoms with Gasteiger partial charge in [-0.15, -0.1) is 0 Å². The fraction of sp³-hybridized carbons (Fsp3) is 0.636. The predicted octanol–water partition coefficient (Wildman–Crippen LogP) is 0.923. The van der Waals surface area contributed by atoms with Gasteiger partial charge in [0.1, 0.15) is 17.5 Å². The summed E-state index contributed by atoms with van der Waals surface area (Å²) < 4.78 is 13.0. The Kier molecular flexibility index (Phi) is 3.48. The van der Waals surface area contributed by atoms with Gasteiger partial charge in [-0.3, -0.25) is 8.89 Å². The van der Waals surface area contributed by atoms with Crippen molar-refractivity contribution in [1.29, 1.82) is 5.26 Å². The molecule has 1 fully saturated rings. The van der Waals surface area contributed by atoms with Gasteiger partial charge in [-0.25, -0.2) is 0 Å². The number of hydrogen-bond acceptors (Lipinski definition) is 4. The number of anilines is 1. The second kappa shape index (κ2) is 4.88. The van der Waals surface area contributed by atoms with Crippen LogP contribution in [0.15, 0.2) is 0 Å². The minimum absolute atomic E-state index is 0.301. The van der Waals surface area contributed by atoms with Crippen molar-refractivity contribution < 1.29 is 4.21 Å². The van der Waals surface area contributed by atoms with Crippen molar-refractivity contribution in [3.8, 4) is 6.07 Å². The van der Waals surface area contributed by atoms with E-state index in [9.17, 15) is 4.21 Å². The summed E-state index contributed by atoms with van der Waals surface area (Å²) in [7, 11) is 1.18. The zero-order valence-corrected chi connectivity index (χ0v) is 10.9. The van der Waals surface area contributed by atoms with E-state index in [1.54, 1.807) is 4.68 Å². The third-order valence-electron chi connectivity index (χ3n) is 3.06. The van der Waals surface area contributed by atoms with E-state index >= 15 is 0 Å². The fourth-order valence-corrected chi connectivity index (χ4v) is 3.39. The highest BCUT2D eigenvalue weighted by Gasteiger charge is 2.21. The normalized spacial score (nSPS) is 24.3. The van der Waals surface area contributed by atoms with Crippen molar-refractivity contribution in [2.75, 3.05) is 16.8 Å². The zero-order valence-electron chi connectivity index (χ0n) is 10.1. The summed E-state index contributed by atoms with van der Waals surface area (Å²) in [5.74, 6) is 2.27. The van der Waals surface area contributed by atoms with Gasteiger partial charge in [0.15, 0.2) is 0 Å². The minimum atomic E-state index is -0.654. The van der Waals surface area contributed by atoms with Crippen molar-refractivity contribution in [1.82, 2.24) is 9.78 Å². The van der Waals surface area contributed by atoms with E-state index in [-0.39, 0.29) is 0 Å². The topological polar surface area (TPSA) is 70.7 Å². The lowest BCUT2D eigenvalue weighted by atomic mass is 10.1. The van der Waals surface area contributed by atoms with E-state index in [4.69, 9.17) is 5.26 Å². The molecule has 0 amide bonds. The molecule has 1 saturated heterocycles. The molecule has 1 aromatic heterocycles. The van der Waals surface area contributed by atoms with E-state index in [2.05, 4.69) is 16.5 Å². The summed E-state index contributed by atoms with van der Waals surface area (Å²) >= 11 is 0. The highest BCUT2D eigenvalue weighted by atomic mass is 32.2. The Morgan fingerprint density at radius 1 is 1.53 bits per heavy atom. The summed E-state index contributed by atoms with van der Waals surface area (Å²) in [4.78, 5) is 0. The van der Waals surface area contributed by atoms with Gasteiger partial charge in [0, 0.05) is 35.4 Å². The van der Waals surface area contributed by atoms with Gasteiger partial charge in [-0.2, -0.15) is 10.4 Å². The molecule has 0 aliphatic carbocycles. The Labute approximate surface area is 103 Å². The van der Waals surface area contributed by atoms with Gasteiger partial charge in [0.2, 0.25) is 0 Å². The molecule has 0 aromatic carbocycles. The standard InChI is InChI=1S/C11H16N4OS/c1-8-10(7-12)11(15(2)14-8)13-9-3-5-17(16)6-4-9/h9,13H,3-6H2,1-2H3. The van der Waals surface area contributed by atoms with Crippen LogP contribution in [-0.2, 0) is 17.8 Å². The first-order valence-electron chi connectivity index (χ1n) is 5.67. The molecule has 0 saturated carbocycles. The SMILES string of the molecule is Cc1nn(C)c(NC2CCS(=O)CC2)c1C#N. The van der Waals surface area contributed by atoms with Crippen LogP contribution in [0, 0.1) is 18.3 Å². The molecule has 0 unspecified atom stereocenters. The average molecular weight is 252 g/mol. The van der Waals surface area contributed by atoms with Crippen LogP contribution >= 0.6 is 0 Å². The third-order valence-corrected chi connectivity index (χ3v) is 4.44. The zero-order chi connectivity index (χ0) is 12.4. The fourth-order valence-electron chi connectivity index (χ4n) is 2.09. The lowest BCUT2D eigenvalue weighted by Crippen LogP contribution is -2.30. The van der Waals surface area contributed by atoms with Crippen molar-refractivity contribution in [3.05, 3.63) is 11.3 Å². The first-order valence-corrected chi connectivity index (χ1v) is 7.16. The van der Waals surface area contributed by atoms with Crippen LogP contribution in [0.5, 0.6) is 0 Å². The summed E-state index contributed by atoms with van der Waals surface area (Å²) in [5.41, 5.74) is 1.36. The molecule has 1 aliphatic heterocycles. The molecule has 0 bridgehead atoms. The number of nitrogens with zero attached hydrogens (tertiary/aromatic N) is 3. The number of nitrogens with one attached hydrogen (secondary N) is 1. The van der Waals surface area contributed by atoms with E-state index in [0.29, 0.717) is 11.6 Å². The van der Waals surface area contributed by atoms with Crippen LogP contribution in [0.4, 0.5) is 5.82 Å². The maximum Gasteiger partial charge on any atom is 0.142 e. The van der Waals surface area contributed by atoms with Crippen LogP contribution in [0.1, 0.15) is 24.1 Å². The molecule has 1 N–H and O–H groups in total. The molecule has 1 aromatic rings. The smallest absolute Gasteiger partial charge is 0.142 e. The largest absolute Gasteiger partial charge is 0.366 e. The molecule has 6 heteroatoms. The van der Waals surface area contributed by atoms with Crippen LogP contribution in [0.25, 0.3) is 0 Å². The first-order chi connectivity index (χ1) is 8.11. The molecule has 2 heterocycles. The molecular formula is C11H16N4OS. The van der Waals surface area contributed by atoms with Gasteiger partial charge in [-0.1, -0.05) is 0 Å². The monoisotopic (exact) mass is 252 g/mol. The molecule has 17 heavy (non-hydrogen) atoms. The molecule has 92 valence electrons. The molecule has 0 spiro atoms. The quantitative estimate of drug-likeness (QED) is 0.849. The van der Waals surface area contributed by atoms with Gasteiger partial charge in [0.05, 0.1) is 5.69 Å². The maximum atomic E-state index is 11.3. The number of nitriles is 1. The van der Waals surface area contributed by atoms with E-state index in [0.717, 1.165) is 35.9 Å². The molecule has 0 atom stereocenters. The molecule has 2 rings (SSSR count). The summed E-state index contributed by atoms with van der Waals surface area (Å²) in [6.45, 7) is 1.83. The summed E-state index contributed by atoms with van der Waals surface area (Å²) in [6, 6.07) is 2.48. The Morgan fingerprint density at radius 3 is 2.76 bits per heavy atom. The first kappa shape index (κ1) is 12.1. The van der Waals surface area contributed by atoms with E-state index in [1.165, 1.54) is 0 Å². The minimum Gasteiger partial charge on any atom is -0.366 e. The van der Waals surface area contributed by atoms with Gasteiger partial charge >= 0.3 is 0 Å².